The highest BCUT2D eigenvalue weighted by molar-refractivity contribution is 6.77. The Bertz CT molecular complexity index is 1170. The molecule has 0 N–H and O–H groups in total. The van der Waals surface area contributed by atoms with Gasteiger partial charge in [-0.05, 0) is 78.3 Å². The molecule has 0 saturated carbocycles. The van der Waals surface area contributed by atoms with Gasteiger partial charge < -0.3 is 0 Å². The standard InChI is InChI=1S/C29H40NSi/c1-8-22-17-23(9-2)21(4)28(18-22)29-27-11-10-25(19-26(27)16-20(3)30(29)5)24-12-14-31(6,7)15-13-24/h10-11,16-19,24H,8-9,12-15H2,1-7H3/q+1/i16D. The van der Waals surface area contributed by atoms with E-state index >= 15 is 0 Å². The van der Waals surface area contributed by atoms with Crippen molar-refractivity contribution in [3.63, 3.8) is 0 Å². The van der Waals surface area contributed by atoms with E-state index in [4.69, 9.17) is 1.37 Å². The minimum Gasteiger partial charge on any atom is -0.198 e. The molecule has 1 aliphatic rings. The van der Waals surface area contributed by atoms with E-state index in [0.29, 0.717) is 12.0 Å². The van der Waals surface area contributed by atoms with Gasteiger partial charge in [-0.25, -0.2) is 0 Å². The Kier molecular flexibility index (Phi) is 5.77. The number of aromatic nitrogens is 1. The van der Waals surface area contributed by atoms with Gasteiger partial charge in [0.2, 0.25) is 5.69 Å². The molecule has 2 heteroatoms. The summed E-state index contributed by atoms with van der Waals surface area (Å²) in [4.78, 5) is 0. The first-order valence-electron chi connectivity index (χ1n) is 12.7. The molecule has 0 bridgehead atoms. The first-order valence-corrected chi connectivity index (χ1v) is 15.6. The van der Waals surface area contributed by atoms with Crippen LogP contribution in [0.25, 0.3) is 22.0 Å². The largest absolute Gasteiger partial charge is 0.220 e. The summed E-state index contributed by atoms with van der Waals surface area (Å²) < 4.78 is 11.2. The summed E-state index contributed by atoms with van der Waals surface area (Å²) in [6, 6.07) is 15.3. The molecule has 1 nitrogen and oxygen atoms in total. The van der Waals surface area contributed by atoms with Gasteiger partial charge in [0.15, 0.2) is 5.69 Å². The Morgan fingerprint density at radius 2 is 1.74 bits per heavy atom. The number of hydrogen-bond donors (Lipinski definition) is 0. The Morgan fingerprint density at radius 1 is 1.03 bits per heavy atom. The lowest BCUT2D eigenvalue weighted by molar-refractivity contribution is -0.665. The first-order chi connectivity index (χ1) is 15.2. The van der Waals surface area contributed by atoms with Crippen LogP contribution < -0.4 is 4.57 Å². The van der Waals surface area contributed by atoms with Gasteiger partial charge in [0.1, 0.15) is 7.05 Å². The molecule has 1 fully saturated rings. The predicted octanol–water partition coefficient (Wildman–Crippen LogP) is 7.66. The quantitative estimate of drug-likeness (QED) is 0.295. The number of hydrogen-bond acceptors (Lipinski definition) is 0. The Labute approximate surface area is 191 Å². The van der Waals surface area contributed by atoms with Crippen LogP contribution in [0.3, 0.4) is 0 Å². The molecule has 0 atom stereocenters. The van der Waals surface area contributed by atoms with Gasteiger partial charge in [-0.1, -0.05) is 57.2 Å². The Hall–Kier alpha value is -1.93. The van der Waals surface area contributed by atoms with Gasteiger partial charge in [-0.3, -0.25) is 0 Å². The van der Waals surface area contributed by atoms with Crippen molar-refractivity contribution in [1.82, 2.24) is 0 Å². The molecular weight excluding hydrogens is 390 g/mol. The lowest BCUT2D eigenvalue weighted by Gasteiger charge is -2.33. The number of benzene rings is 2. The molecule has 0 amide bonds. The number of rotatable bonds is 4. The molecule has 0 unspecified atom stereocenters. The van der Waals surface area contributed by atoms with E-state index in [-0.39, 0.29) is 0 Å². The monoisotopic (exact) mass is 431 g/mol. The highest BCUT2D eigenvalue weighted by atomic mass is 28.3. The molecule has 0 radical (unpaired) electrons. The maximum atomic E-state index is 8.96. The third kappa shape index (κ3) is 4.24. The van der Waals surface area contributed by atoms with Crippen LogP contribution in [0, 0.1) is 13.8 Å². The van der Waals surface area contributed by atoms with E-state index in [1.165, 1.54) is 63.8 Å². The highest BCUT2D eigenvalue weighted by Gasteiger charge is 2.29. The number of pyridine rings is 1. The summed E-state index contributed by atoms with van der Waals surface area (Å²) in [5.74, 6) is 0.661. The van der Waals surface area contributed by atoms with Gasteiger partial charge >= 0.3 is 0 Å². The van der Waals surface area contributed by atoms with Crippen LogP contribution in [0.2, 0.25) is 25.2 Å². The zero-order valence-corrected chi connectivity index (χ0v) is 21.7. The summed E-state index contributed by atoms with van der Waals surface area (Å²) >= 11 is 0. The normalized spacial score (nSPS) is 17.2. The van der Waals surface area contributed by atoms with Gasteiger partial charge in [-0.2, -0.15) is 4.57 Å². The van der Waals surface area contributed by atoms with E-state index in [1.54, 1.807) is 0 Å². The highest BCUT2D eigenvalue weighted by Crippen LogP contribution is 2.40. The molecule has 0 aliphatic carbocycles. The number of aryl methyl sites for hydroxylation is 2. The third-order valence-corrected chi connectivity index (χ3v) is 11.2. The van der Waals surface area contributed by atoms with E-state index in [0.717, 1.165) is 23.9 Å². The molecule has 1 aromatic heterocycles. The molecule has 164 valence electrons. The minimum atomic E-state index is -0.964. The zero-order chi connectivity index (χ0) is 23.2. The summed E-state index contributed by atoms with van der Waals surface area (Å²) in [5, 5.41) is 2.34. The van der Waals surface area contributed by atoms with E-state index in [9.17, 15) is 0 Å². The average molecular weight is 432 g/mol. The number of nitrogens with zero attached hydrogens (tertiary/aromatic N) is 1. The molecule has 4 rings (SSSR count). The summed E-state index contributed by atoms with van der Waals surface area (Å²) in [6.45, 7) is 13.9. The third-order valence-electron chi connectivity index (χ3n) is 7.88. The SMILES string of the molecule is [2H]c1c(C)[n+](C)c(-c2cc(CC)cc(CC)c2C)c2ccc(C3CC[Si](C)(C)CC3)cc12. The van der Waals surface area contributed by atoms with Gasteiger partial charge in [-0.15, -0.1) is 0 Å². The fraction of sp³-hybridized carbons (Fsp3) is 0.483. The summed E-state index contributed by atoms with van der Waals surface area (Å²) in [5.41, 5.74) is 9.29. The van der Waals surface area contributed by atoms with Crippen molar-refractivity contribution < 1.29 is 5.94 Å². The van der Waals surface area contributed by atoms with Crippen molar-refractivity contribution in [2.45, 2.75) is 84.5 Å². The van der Waals surface area contributed by atoms with Crippen LogP contribution in [0.4, 0.5) is 0 Å². The molecule has 2 heterocycles. The van der Waals surface area contributed by atoms with Gasteiger partial charge in [0.25, 0.3) is 0 Å². The molecule has 1 saturated heterocycles. The van der Waals surface area contributed by atoms with Crippen molar-refractivity contribution in [3.8, 4) is 11.3 Å². The molecular formula is C29H40NSi+. The topological polar surface area (TPSA) is 3.88 Å². The van der Waals surface area contributed by atoms with Gasteiger partial charge in [0.05, 0.1) is 12.3 Å². The van der Waals surface area contributed by atoms with Crippen molar-refractivity contribution in [1.29, 1.82) is 0 Å². The fourth-order valence-electron chi connectivity index (χ4n) is 5.47. The van der Waals surface area contributed by atoms with Crippen LogP contribution in [-0.4, -0.2) is 8.07 Å². The Balaban J connectivity index is 1.92. The molecule has 31 heavy (non-hydrogen) atoms. The second kappa shape index (κ2) is 8.54. The summed E-state index contributed by atoms with van der Waals surface area (Å²) in [6.07, 6.45) is 4.74. The van der Waals surface area contributed by atoms with Gasteiger partial charge in [0, 0.05) is 21.0 Å². The first kappa shape index (κ1) is 20.9. The number of fused-ring (bicyclic) bond motifs is 1. The van der Waals surface area contributed by atoms with Crippen LogP contribution in [0.15, 0.2) is 36.4 Å². The fourth-order valence-corrected chi connectivity index (χ4v) is 7.98. The van der Waals surface area contributed by atoms with E-state index in [1.807, 2.05) is 0 Å². The van der Waals surface area contributed by atoms with Crippen molar-refractivity contribution in [3.05, 3.63) is 64.3 Å². The maximum absolute atomic E-state index is 8.96. The van der Waals surface area contributed by atoms with Crippen LogP contribution in [0.1, 0.15) is 61.9 Å². The molecule has 3 aromatic rings. The van der Waals surface area contributed by atoms with E-state index < -0.39 is 8.07 Å². The minimum absolute atomic E-state index is 0.661. The molecule has 1 aliphatic heterocycles. The lowest BCUT2D eigenvalue weighted by Crippen LogP contribution is -2.35. The zero-order valence-electron chi connectivity index (χ0n) is 21.7. The van der Waals surface area contributed by atoms with Crippen molar-refractivity contribution >= 4 is 18.8 Å². The Morgan fingerprint density at radius 3 is 2.39 bits per heavy atom. The molecule has 2 aromatic carbocycles. The smallest absolute Gasteiger partial charge is 0.198 e. The lowest BCUT2D eigenvalue weighted by atomic mass is 9.89. The van der Waals surface area contributed by atoms with Crippen molar-refractivity contribution in [2.75, 3.05) is 0 Å². The second-order valence-corrected chi connectivity index (χ2v) is 15.8. The van der Waals surface area contributed by atoms with E-state index in [2.05, 4.69) is 82.7 Å². The maximum Gasteiger partial charge on any atom is 0.220 e. The summed E-state index contributed by atoms with van der Waals surface area (Å²) in [7, 11) is 1.17. The van der Waals surface area contributed by atoms with Crippen LogP contribution in [0.5, 0.6) is 0 Å². The van der Waals surface area contributed by atoms with Crippen LogP contribution >= 0.6 is 0 Å². The van der Waals surface area contributed by atoms with Crippen molar-refractivity contribution in [2.24, 2.45) is 7.05 Å². The predicted molar refractivity (Wildman–Crippen MR) is 138 cm³/mol. The average Bonchev–Trinajstić information content (AvgIpc) is 2.78. The molecule has 0 spiro atoms. The second-order valence-electron chi connectivity index (χ2n) is 10.5. The van der Waals surface area contributed by atoms with Crippen LogP contribution in [-0.2, 0) is 19.9 Å².